The number of nitriles is 1. The van der Waals surface area contributed by atoms with Gasteiger partial charge >= 0.3 is 6.18 Å². The molecule has 0 amide bonds. The largest absolute Gasteiger partial charge is 0.417 e. The quantitative estimate of drug-likeness (QED) is 0.885. The van der Waals surface area contributed by atoms with E-state index < -0.39 is 22.9 Å². The molecule has 0 fully saturated rings. The van der Waals surface area contributed by atoms with Crippen LogP contribution in [0, 0.1) is 11.3 Å². The zero-order valence-corrected chi connectivity index (χ0v) is 10.7. The van der Waals surface area contributed by atoms with Crippen molar-refractivity contribution in [1.82, 2.24) is 0 Å². The Morgan fingerprint density at radius 2 is 2.00 bits per heavy atom. The van der Waals surface area contributed by atoms with Crippen molar-refractivity contribution in [3.63, 3.8) is 0 Å². The van der Waals surface area contributed by atoms with Crippen LogP contribution in [-0.2, 0) is 6.18 Å². The van der Waals surface area contributed by atoms with E-state index >= 15 is 0 Å². The number of nitrogens with one attached hydrogen (secondary N) is 1. The minimum atomic E-state index is -4.54. The molecule has 0 aliphatic heterocycles. The first kappa shape index (κ1) is 15.3. The number of alkyl halides is 3. The van der Waals surface area contributed by atoms with Crippen molar-refractivity contribution in [3.8, 4) is 6.07 Å². The molecule has 0 radical (unpaired) electrons. The molecule has 0 bridgehead atoms. The van der Waals surface area contributed by atoms with Crippen molar-refractivity contribution < 1.29 is 18.3 Å². The Balaban J connectivity index is 2.93. The summed E-state index contributed by atoms with van der Waals surface area (Å²) in [6, 6.07) is 4.77. The number of hydrogen-bond acceptors (Lipinski definition) is 3. The summed E-state index contributed by atoms with van der Waals surface area (Å²) in [5.74, 6) is 0. The molecule has 0 saturated heterocycles. The molecule has 6 heteroatoms. The Hall–Kier alpha value is -1.74. The third kappa shape index (κ3) is 4.14. The van der Waals surface area contributed by atoms with E-state index in [4.69, 9.17) is 5.26 Å². The third-order valence-electron chi connectivity index (χ3n) is 2.88. The summed E-state index contributed by atoms with van der Waals surface area (Å²) in [4.78, 5) is 0. The van der Waals surface area contributed by atoms with Crippen LogP contribution in [0.15, 0.2) is 18.2 Å². The minimum Gasteiger partial charge on any atom is -0.388 e. The molecule has 0 aliphatic rings. The van der Waals surface area contributed by atoms with Crippen LogP contribution in [0.25, 0.3) is 0 Å². The predicted molar refractivity (Wildman–Crippen MR) is 65.6 cm³/mol. The summed E-state index contributed by atoms with van der Waals surface area (Å²) in [5.41, 5.74) is -1.97. The highest BCUT2D eigenvalue weighted by molar-refractivity contribution is 5.53. The molecule has 104 valence electrons. The second-order valence-corrected chi connectivity index (χ2v) is 4.57. The first-order valence-corrected chi connectivity index (χ1v) is 5.77. The molecule has 0 aromatic heterocycles. The maximum Gasteiger partial charge on any atom is 0.417 e. The summed E-state index contributed by atoms with van der Waals surface area (Å²) in [7, 11) is 0. The lowest BCUT2D eigenvalue weighted by Gasteiger charge is -2.22. The maximum atomic E-state index is 12.6. The Morgan fingerprint density at radius 1 is 1.37 bits per heavy atom. The van der Waals surface area contributed by atoms with E-state index in [1.54, 1.807) is 13.8 Å². The zero-order chi connectivity index (χ0) is 14.7. The van der Waals surface area contributed by atoms with Crippen LogP contribution in [0.1, 0.15) is 31.4 Å². The predicted octanol–water partition coefficient (Wildman–Crippen LogP) is 3.15. The normalized spacial score (nSPS) is 14.6. The lowest BCUT2D eigenvalue weighted by molar-refractivity contribution is -0.137. The molecular formula is C13H15F3N2O. The van der Waals surface area contributed by atoms with Crippen LogP contribution in [0.2, 0.25) is 0 Å². The van der Waals surface area contributed by atoms with Gasteiger partial charge in [-0.3, -0.25) is 0 Å². The second kappa shape index (κ2) is 5.49. The van der Waals surface area contributed by atoms with Gasteiger partial charge in [-0.1, -0.05) is 6.92 Å². The summed E-state index contributed by atoms with van der Waals surface area (Å²) >= 11 is 0. The van der Waals surface area contributed by atoms with Gasteiger partial charge in [0.05, 0.1) is 22.8 Å². The highest BCUT2D eigenvalue weighted by atomic mass is 19.4. The van der Waals surface area contributed by atoms with E-state index in [9.17, 15) is 18.3 Å². The monoisotopic (exact) mass is 272 g/mol. The standard InChI is InChI=1S/C13H15F3N2O/c1-3-12(2,19)8-18-10-4-5-11(13(14,15)16)9(6-10)7-17/h4-6,18-19H,3,8H2,1-2H3. The van der Waals surface area contributed by atoms with Crippen molar-refractivity contribution in [3.05, 3.63) is 29.3 Å². The molecule has 3 nitrogen and oxygen atoms in total. The molecule has 1 atom stereocenters. The summed E-state index contributed by atoms with van der Waals surface area (Å²) in [6.07, 6.45) is -4.04. The van der Waals surface area contributed by atoms with Gasteiger partial charge in [0, 0.05) is 12.2 Å². The number of hydrogen-bond donors (Lipinski definition) is 2. The molecular weight excluding hydrogens is 257 g/mol. The van der Waals surface area contributed by atoms with E-state index in [1.165, 1.54) is 12.1 Å². The molecule has 0 spiro atoms. The van der Waals surface area contributed by atoms with Gasteiger partial charge < -0.3 is 10.4 Å². The fourth-order valence-electron chi connectivity index (χ4n) is 1.41. The smallest absolute Gasteiger partial charge is 0.388 e. The van der Waals surface area contributed by atoms with E-state index in [0.717, 1.165) is 12.1 Å². The van der Waals surface area contributed by atoms with Gasteiger partial charge in [-0.05, 0) is 31.5 Å². The van der Waals surface area contributed by atoms with Gasteiger partial charge in [-0.2, -0.15) is 18.4 Å². The van der Waals surface area contributed by atoms with Gasteiger partial charge in [0.25, 0.3) is 0 Å². The van der Waals surface area contributed by atoms with Crippen LogP contribution >= 0.6 is 0 Å². The molecule has 0 heterocycles. The fraction of sp³-hybridized carbons (Fsp3) is 0.462. The maximum absolute atomic E-state index is 12.6. The Morgan fingerprint density at radius 3 is 2.47 bits per heavy atom. The SMILES string of the molecule is CCC(C)(O)CNc1ccc(C(F)(F)F)c(C#N)c1. The number of nitrogens with zero attached hydrogens (tertiary/aromatic N) is 1. The number of halogens is 3. The van der Waals surface area contributed by atoms with Gasteiger partial charge in [-0.25, -0.2) is 0 Å². The summed E-state index contributed by atoms with van der Waals surface area (Å²) in [5, 5.41) is 21.4. The first-order chi connectivity index (χ1) is 8.69. The second-order valence-electron chi connectivity index (χ2n) is 4.57. The number of aliphatic hydroxyl groups is 1. The van der Waals surface area contributed by atoms with Crippen LogP contribution in [0.4, 0.5) is 18.9 Å². The molecule has 0 saturated carbocycles. The van der Waals surface area contributed by atoms with Gasteiger partial charge in [0.15, 0.2) is 0 Å². The molecule has 1 rings (SSSR count). The highest BCUT2D eigenvalue weighted by Gasteiger charge is 2.33. The van der Waals surface area contributed by atoms with Crippen molar-refractivity contribution in [2.45, 2.75) is 32.0 Å². The lowest BCUT2D eigenvalue weighted by Crippen LogP contribution is -2.32. The Bertz CT molecular complexity index is 490. The van der Waals surface area contributed by atoms with Gasteiger partial charge in [0.1, 0.15) is 0 Å². The van der Waals surface area contributed by atoms with E-state index in [1.807, 2.05) is 0 Å². The van der Waals surface area contributed by atoms with E-state index in [0.29, 0.717) is 12.1 Å². The van der Waals surface area contributed by atoms with Crippen LogP contribution < -0.4 is 5.32 Å². The molecule has 1 unspecified atom stereocenters. The molecule has 0 aliphatic carbocycles. The number of benzene rings is 1. The van der Waals surface area contributed by atoms with Gasteiger partial charge in [0.2, 0.25) is 0 Å². The Kier molecular flexibility index (Phi) is 4.43. The van der Waals surface area contributed by atoms with Crippen molar-refractivity contribution in [1.29, 1.82) is 5.26 Å². The van der Waals surface area contributed by atoms with E-state index in [2.05, 4.69) is 5.32 Å². The molecule has 2 N–H and O–H groups in total. The van der Waals surface area contributed by atoms with Crippen LogP contribution in [0.5, 0.6) is 0 Å². The van der Waals surface area contributed by atoms with Crippen molar-refractivity contribution in [2.24, 2.45) is 0 Å². The van der Waals surface area contributed by atoms with Crippen LogP contribution in [-0.4, -0.2) is 17.3 Å². The van der Waals surface area contributed by atoms with Crippen LogP contribution in [0.3, 0.4) is 0 Å². The molecule has 1 aromatic carbocycles. The zero-order valence-electron chi connectivity index (χ0n) is 10.7. The minimum absolute atomic E-state index is 0.194. The molecule has 19 heavy (non-hydrogen) atoms. The average Bonchev–Trinajstić information content (AvgIpc) is 2.35. The van der Waals surface area contributed by atoms with Crippen molar-refractivity contribution >= 4 is 5.69 Å². The summed E-state index contributed by atoms with van der Waals surface area (Å²) in [6.45, 7) is 3.62. The Labute approximate surface area is 109 Å². The average molecular weight is 272 g/mol. The summed E-state index contributed by atoms with van der Waals surface area (Å²) < 4.78 is 37.8. The lowest BCUT2D eigenvalue weighted by atomic mass is 10.0. The number of anilines is 1. The molecule has 1 aromatic rings. The number of rotatable bonds is 4. The first-order valence-electron chi connectivity index (χ1n) is 5.77. The van der Waals surface area contributed by atoms with E-state index in [-0.39, 0.29) is 6.54 Å². The highest BCUT2D eigenvalue weighted by Crippen LogP contribution is 2.33. The van der Waals surface area contributed by atoms with Crippen molar-refractivity contribution in [2.75, 3.05) is 11.9 Å². The fourth-order valence-corrected chi connectivity index (χ4v) is 1.41. The topological polar surface area (TPSA) is 56.0 Å². The van der Waals surface area contributed by atoms with Gasteiger partial charge in [-0.15, -0.1) is 0 Å². The third-order valence-corrected chi connectivity index (χ3v) is 2.88.